The van der Waals surface area contributed by atoms with Crippen LogP contribution in [0.5, 0.6) is 0 Å². The maximum atomic E-state index is 12.4. The van der Waals surface area contributed by atoms with Crippen LogP contribution in [0.1, 0.15) is 25.4 Å². The Bertz CT molecular complexity index is 949. The van der Waals surface area contributed by atoms with Gasteiger partial charge < -0.3 is 19.8 Å². The van der Waals surface area contributed by atoms with E-state index in [9.17, 15) is 14.9 Å². The van der Waals surface area contributed by atoms with Crippen LogP contribution < -0.4 is 5.32 Å². The van der Waals surface area contributed by atoms with Gasteiger partial charge in [0.15, 0.2) is 10.1 Å². The van der Waals surface area contributed by atoms with Gasteiger partial charge in [-0.25, -0.2) is 0 Å². The van der Waals surface area contributed by atoms with Crippen LogP contribution >= 0.6 is 23.8 Å². The van der Waals surface area contributed by atoms with Gasteiger partial charge in [-0.3, -0.25) is 9.69 Å². The molecule has 0 unspecified atom stereocenters. The molecule has 2 aromatic heterocycles. The van der Waals surface area contributed by atoms with Gasteiger partial charge in [-0.05, 0) is 35.2 Å². The van der Waals surface area contributed by atoms with E-state index in [0.717, 1.165) is 0 Å². The predicted molar refractivity (Wildman–Crippen MR) is 102 cm³/mol. The Morgan fingerprint density at radius 1 is 1.48 bits per heavy atom. The second-order valence-corrected chi connectivity index (χ2v) is 7.15. The highest BCUT2D eigenvalue weighted by atomic mass is 35.5. The van der Waals surface area contributed by atoms with Gasteiger partial charge in [0, 0.05) is 12.6 Å². The molecule has 142 valence electrons. The number of carbonyl (C=O) groups excluding carboxylic acids is 1. The van der Waals surface area contributed by atoms with Gasteiger partial charge in [-0.15, -0.1) is 0 Å². The molecule has 11 heteroatoms. The summed E-state index contributed by atoms with van der Waals surface area (Å²) in [6.07, 6.45) is 2.92. The monoisotopic (exact) mass is 409 g/mol. The van der Waals surface area contributed by atoms with Crippen LogP contribution in [-0.4, -0.2) is 37.2 Å². The molecule has 0 bridgehead atoms. The van der Waals surface area contributed by atoms with Gasteiger partial charge in [-0.2, -0.15) is 4.68 Å². The van der Waals surface area contributed by atoms with Crippen LogP contribution in [0.3, 0.4) is 0 Å². The lowest BCUT2D eigenvalue weighted by Gasteiger charge is -2.15. The number of thiocarbonyl (C=S) groups is 1. The van der Waals surface area contributed by atoms with Crippen molar-refractivity contribution in [3.63, 3.8) is 0 Å². The van der Waals surface area contributed by atoms with Crippen LogP contribution in [0, 0.1) is 16.0 Å². The van der Waals surface area contributed by atoms with E-state index >= 15 is 0 Å². The topological polar surface area (TPSA) is 106 Å². The van der Waals surface area contributed by atoms with Gasteiger partial charge in [-0.1, -0.05) is 25.4 Å². The number of furan rings is 1. The molecule has 1 N–H and O–H groups in total. The third-order valence-electron chi connectivity index (χ3n) is 3.67. The molecule has 0 aromatic carbocycles. The minimum atomic E-state index is -0.653. The number of nitrogens with one attached hydrogen (secondary N) is 1. The van der Waals surface area contributed by atoms with Crippen molar-refractivity contribution in [2.75, 3.05) is 6.54 Å². The summed E-state index contributed by atoms with van der Waals surface area (Å²) in [5, 5.41) is 17.8. The van der Waals surface area contributed by atoms with Gasteiger partial charge in [0.25, 0.3) is 5.91 Å². The quantitative estimate of drug-likeness (QED) is 0.338. The molecule has 0 saturated carbocycles. The Kier molecular flexibility index (Phi) is 5.29. The Morgan fingerprint density at radius 3 is 2.85 bits per heavy atom. The number of hydrogen-bond donors (Lipinski definition) is 1. The van der Waals surface area contributed by atoms with Crippen LogP contribution in [0.4, 0.5) is 5.82 Å². The Hall–Kier alpha value is -2.72. The second kappa shape index (κ2) is 7.49. The van der Waals surface area contributed by atoms with E-state index in [1.807, 2.05) is 13.8 Å². The zero-order valence-electron chi connectivity index (χ0n) is 14.5. The van der Waals surface area contributed by atoms with Gasteiger partial charge in [0.2, 0.25) is 0 Å². The molecule has 3 heterocycles. The van der Waals surface area contributed by atoms with Crippen LogP contribution in [0.25, 0.3) is 6.08 Å². The van der Waals surface area contributed by atoms with Crippen molar-refractivity contribution >= 4 is 46.7 Å². The van der Waals surface area contributed by atoms with Crippen molar-refractivity contribution in [2.45, 2.75) is 20.4 Å². The molecule has 3 rings (SSSR count). The molecular formula is C16H16ClN5O4S. The Morgan fingerprint density at radius 2 is 2.22 bits per heavy atom. The molecule has 1 aliphatic rings. The number of rotatable bonds is 6. The average Bonchev–Trinajstić information content (AvgIpc) is 3.23. The first-order valence-electron chi connectivity index (χ1n) is 8.05. The molecule has 0 atom stereocenters. The summed E-state index contributed by atoms with van der Waals surface area (Å²) in [6.45, 7) is 4.70. The first-order chi connectivity index (χ1) is 12.7. The Balaban J connectivity index is 1.74. The minimum absolute atomic E-state index is 0.0478. The lowest BCUT2D eigenvalue weighted by Crippen LogP contribution is -2.33. The average molecular weight is 410 g/mol. The molecular weight excluding hydrogens is 394 g/mol. The molecule has 1 fully saturated rings. The highest BCUT2D eigenvalue weighted by Crippen LogP contribution is 2.23. The summed E-state index contributed by atoms with van der Waals surface area (Å²) in [7, 11) is 0. The molecule has 1 amide bonds. The molecule has 0 spiro atoms. The third-order valence-corrected chi connectivity index (χ3v) is 4.26. The summed E-state index contributed by atoms with van der Waals surface area (Å²) >= 11 is 11.0. The minimum Gasteiger partial charge on any atom is -0.460 e. The van der Waals surface area contributed by atoms with Crippen molar-refractivity contribution in [3.05, 3.63) is 50.7 Å². The first kappa shape index (κ1) is 19.1. The van der Waals surface area contributed by atoms with Crippen molar-refractivity contribution in [1.82, 2.24) is 20.0 Å². The number of nitrogens with zero attached hydrogens (tertiary/aromatic N) is 4. The maximum absolute atomic E-state index is 12.4. The summed E-state index contributed by atoms with van der Waals surface area (Å²) in [6, 6.07) is 3.38. The Labute approximate surface area is 164 Å². The van der Waals surface area contributed by atoms with E-state index in [1.165, 1.54) is 15.8 Å². The summed E-state index contributed by atoms with van der Waals surface area (Å²) in [5.74, 6) is 0.616. The zero-order chi connectivity index (χ0) is 19.7. The number of amides is 1. The van der Waals surface area contributed by atoms with Gasteiger partial charge in [0.1, 0.15) is 23.8 Å². The molecule has 1 aliphatic heterocycles. The van der Waals surface area contributed by atoms with Crippen LogP contribution in [-0.2, 0) is 11.3 Å². The fourth-order valence-electron chi connectivity index (χ4n) is 2.55. The first-order valence-corrected chi connectivity index (χ1v) is 8.84. The molecule has 9 nitrogen and oxygen atoms in total. The number of hydrogen-bond acceptors (Lipinski definition) is 6. The van der Waals surface area contributed by atoms with Crippen molar-refractivity contribution < 1.29 is 14.1 Å². The number of aromatic nitrogens is 2. The van der Waals surface area contributed by atoms with Crippen LogP contribution in [0.15, 0.2) is 28.4 Å². The molecule has 0 radical (unpaired) electrons. The van der Waals surface area contributed by atoms with E-state index in [4.69, 9.17) is 28.2 Å². The molecule has 1 saturated heterocycles. The van der Waals surface area contributed by atoms with Crippen LogP contribution in [0.2, 0.25) is 5.02 Å². The standard InChI is InChI=1S/C16H16ClN5O4S/c1-9(2)6-21-15(23)13(18-16(21)27)5-10-3-4-11(26-10)7-20-8-12(17)14(19-20)22(24)25/h3-5,8-9H,6-7H2,1-2H3,(H,18,27)/b13-5+. The number of nitro groups is 1. The highest BCUT2D eigenvalue weighted by Gasteiger charge is 2.31. The van der Waals surface area contributed by atoms with Gasteiger partial charge >= 0.3 is 5.82 Å². The number of carbonyl (C=O) groups is 1. The summed E-state index contributed by atoms with van der Waals surface area (Å²) in [5.41, 5.74) is 0.333. The third kappa shape index (κ3) is 4.17. The maximum Gasteiger partial charge on any atom is 0.408 e. The van der Waals surface area contributed by atoms with Gasteiger partial charge in [0.05, 0.1) is 11.3 Å². The predicted octanol–water partition coefficient (Wildman–Crippen LogP) is 2.80. The lowest BCUT2D eigenvalue weighted by atomic mass is 10.2. The second-order valence-electron chi connectivity index (χ2n) is 6.36. The van der Waals surface area contributed by atoms with E-state index < -0.39 is 10.7 Å². The summed E-state index contributed by atoms with van der Waals surface area (Å²) in [4.78, 5) is 24.1. The lowest BCUT2D eigenvalue weighted by molar-refractivity contribution is -0.389. The van der Waals surface area contributed by atoms with E-state index in [1.54, 1.807) is 18.2 Å². The van der Waals surface area contributed by atoms with E-state index in [0.29, 0.717) is 28.9 Å². The van der Waals surface area contributed by atoms with E-state index in [2.05, 4.69) is 10.4 Å². The number of halogens is 1. The molecule has 0 aliphatic carbocycles. The fraction of sp³-hybridized carbons (Fsp3) is 0.312. The van der Waals surface area contributed by atoms with Crippen molar-refractivity contribution in [1.29, 1.82) is 0 Å². The highest BCUT2D eigenvalue weighted by molar-refractivity contribution is 7.80. The SMILES string of the molecule is CC(C)CN1C(=O)/C(=C\c2ccc(Cn3cc(Cl)c([N+](=O)[O-])n3)o2)NC1=S. The normalized spacial score (nSPS) is 15.9. The largest absolute Gasteiger partial charge is 0.460 e. The van der Waals surface area contributed by atoms with Crippen molar-refractivity contribution in [2.24, 2.45) is 5.92 Å². The zero-order valence-corrected chi connectivity index (χ0v) is 16.1. The molecule has 2 aromatic rings. The smallest absolute Gasteiger partial charge is 0.408 e. The summed E-state index contributed by atoms with van der Waals surface area (Å²) < 4.78 is 6.97. The fourth-order valence-corrected chi connectivity index (χ4v) is 3.04. The van der Waals surface area contributed by atoms with E-state index in [-0.39, 0.29) is 23.4 Å². The molecule has 27 heavy (non-hydrogen) atoms. The van der Waals surface area contributed by atoms with Crippen molar-refractivity contribution in [3.8, 4) is 0 Å².